The lowest BCUT2D eigenvalue weighted by Crippen LogP contribution is -2.57. The fourth-order valence-electron chi connectivity index (χ4n) is 2.35. The average molecular weight is 188 g/mol. The first-order chi connectivity index (χ1) is 5.90. The Kier molecular flexibility index (Phi) is 3.00. The highest BCUT2D eigenvalue weighted by atomic mass is 16.6. The highest BCUT2D eigenvalue weighted by Crippen LogP contribution is 2.34. The highest BCUT2D eigenvalue weighted by Gasteiger charge is 2.45. The SMILES string of the molecule is CO[C@H]1[C@H](C)[C@H](O)[C@@H](C)OC1(C)C. The molecule has 0 aromatic heterocycles. The van der Waals surface area contributed by atoms with E-state index in [2.05, 4.69) is 0 Å². The summed E-state index contributed by atoms with van der Waals surface area (Å²) in [5.41, 5.74) is -0.313. The molecule has 1 heterocycles. The van der Waals surface area contributed by atoms with E-state index >= 15 is 0 Å². The predicted molar refractivity (Wildman–Crippen MR) is 50.6 cm³/mol. The Balaban J connectivity index is 2.82. The Bertz CT molecular complexity index is 179. The van der Waals surface area contributed by atoms with Crippen LogP contribution in [0.3, 0.4) is 0 Å². The third kappa shape index (κ3) is 1.87. The molecular weight excluding hydrogens is 168 g/mol. The van der Waals surface area contributed by atoms with Crippen molar-refractivity contribution in [1.82, 2.24) is 0 Å². The molecule has 0 amide bonds. The summed E-state index contributed by atoms with van der Waals surface area (Å²) >= 11 is 0. The zero-order valence-electron chi connectivity index (χ0n) is 9.07. The first-order valence-corrected chi connectivity index (χ1v) is 4.79. The number of aliphatic hydroxyl groups is 1. The van der Waals surface area contributed by atoms with Gasteiger partial charge in [-0.1, -0.05) is 6.92 Å². The van der Waals surface area contributed by atoms with Crippen molar-refractivity contribution in [2.45, 2.75) is 51.6 Å². The van der Waals surface area contributed by atoms with E-state index in [0.29, 0.717) is 0 Å². The van der Waals surface area contributed by atoms with Gasteiger partial charge in [0.05, 0.1) is 23.9 Å². The van der Waals surface area contributed by atoms with Gasteiger partial charge in [-0.15, -0.1) is 0 Å². The maximum atomic E-state index is 9.77. The van der Waals surface area contributed by atoms with E-state index in [-0.39, 0.29) is 23.7 Å². The van der Waals surface area contributed by atoms with Gasteiger partial charge < -0.3 is 14.6 Å². The molecule has 0 bridgehead atoms. The van der Waals surface area contributed by atoms with Gasteiger partial charge in [0.25, 0.3) is 0 Å². The zero-order valence-corrected chi connectivity index (χ0v) is 9.07. The fraction of sp³-hybridized carbons (Fsp3) is 1.00. The quantitative estimate of drug-likeness (QED) is 0.672. The van der Waals surface area contributed by atoms with Crippen molar-refractivity contribution < 1.29 is 14.6 Å². The number of hydrogen-bond donors (Lipinski definition) is 1. The molecule has 1 aliphatic rings. The summed E-state index contributed by atoms with van der Waals surface area (Å²) < 4.78 is 11.0. The van der Waals surface area contributed by atoms with Crippen LogP contribution in [0.1, 0.15) is 27.7 Å². The van der Waals surface area contributed by atoms with Crippen molar-refractivity contribution in [3.8, 4) is 0 Å². The normalized spacial score (nSPS) is 44.8. The Labute approximate surface area is 80.0 Å². The lowest BCUT2D eigenvalue weighted by atomic mass is 9.82. The molecule has 78 valence electrons. The Morgan fingerprint density at radius 2 is 1.85 bits per heavy atom. The summed E-state index contributed by atoms with van der Waals surface area (Å²) in [4.78, 5) is 0. The van der Waals surface area contributed by atoms with Crippen molar-refractivity contribution in [3.63, 3.8) is 0 Å². The van der Waals surface area contributed by atoms with Crippen molar-refractivity contribution in [2.24, 2.45) is 5.92 Å². The number of methoxy groups -OCH3 is 1. The zero-order chi connectivity index (χ0) is 10.2. The van der Waals surface area contributed by atoms with Crippen LogP contribution in [0.4, 0.5) is 0 Å². The minimum Gasteiger partial charge on any atom is -0.390 e. The smallest absolute Gasteiger partial charge is 0.0906 e. The van der Waals surface area contributed by atoms with Gasteiger partial charge in [0.2, 0.25) is 0 Å². The van der Waals surface area contributed by atoms with E-state index in [0.717, 1.165) is 0 Å². The second-order valence-electron chi connectivity index (χ2n) is 4.43. The molecule has 0 aromatic carbocycles. The van der Waals surface area contributed by atoms with Gasteiger partial charge in [0, 0.05) is 13.0 Å². The minimum atomic E-state index is -0.432. The third-order valence-corrected chi connectivity index (χ3v) is 2.93. The van der Waals surface area contributed by atoms with Gasteiger partial charge >= 0.3 is 0 Å². The molecule has 3 heteroatoms. The summed E-state index contributed by atoms with van der Waals surface area (Å²) in [5.74, 6) is 0.115. The molecule has 1 fully saturated rings. The topological polar surface area (TPSA) is 38.7 Å². The van der Waals surface area contributed by atoms with Crippen LogP contribution in [0.5, 0.6) is 0 Å². The third-order valence-electron chi connectivity index (χ3n) is 2.93. The summed E-state index contributed by atoms with van der Waals surface area (Å²) in [6.07, 6.45) is -0.590. The van der Waals surface area contributed by atoms with Crippen LogP contribution < -0.4 is 0 Å². The lowest BCUT2D eigenvalue weighted by Gasteiger charge is -2.47. The molecule has 0 radical (unpaired) electrons. The second-order valence-corrected chi connectivity index (χ2v) is 4.43. The molecule has 4 atom stereocenters. The second kappa shape index (κ2) is 3.56. The van der Waals surface area contributed by atoms with Gasteiger partial charge in [-0.3, -0.25) is 0 Å². The molecule has 13 heavy (non-hydrogen) atoms. The molecule has 0 unspecified atom stereocenters. The lowest BCUT2D eigenvalue weighted by molar-refractivity contribution is -0.237. The Hall–Kier alpha value is -0.120. The van der Waals surface area contributed by atoms with Crippen LogP contribution in [-0.2, 0) is 9.47 Å². The van der Waals surface area contributed by atoms with Crippen molar-refractivity contribution >= 4 is 0 Å². The molecule has 0 aromatic rings. The van der Waals surface area contributed by atoms with E-state index in [9.17, 15) is 5.11 Å². The number of rotatable bonds is 1. The van der Waals surface area contributed by atoms with E-state index in [1.54, 1.807) is 7.11 Å². The van der Waals surface area contributed by atoms with Crippen molar-refractivity contribution in [3.05, 3.63) is 0 Å². The Morgan fingerprint density at radius 1 is 1.31 bits per heavy atom. The molecule has 1 saturated heterocycles. The van der Waals surface area contributed by atoms with Crippen LogP contribution in [0.2, 0.25) is 0 Å². The highest BCUT2D eigenvalue weighted by molar-refractivity contribution is 4.94. The number of ether oxygens (including phenoxy) is 2. The first-order valence-electron chi connectivity index (χ1n) is 4.79. The predicted octanol–water partition coefficient (Wildman–Crippen LogP) is 1.20. The standard InChI is InChI=1S/C10H20O3/c1-6-8(11)7(2)13-10(3,4)9(6)12-5/h6-9,11H,1-5H3/t6-,7-,8+,9+/m1/s1. The van der Waals surface area contributed by atoms with Crippen LogP contribution in [-0.4, -0.2) is 36.1 Å². The van der Waals surface area contributed by atoms with E-state index < -0.39 is 6.10 Å². The van der Waals surface area contributed by atoms with Crippen LogP contribution in [0.15, 0.2) is 0 Å². The molecule has 1 N–H and O–H groups in total. The maximum Gasteiger partial charge on any atom is 0.0906 e. The molecule has 3 nitrogen and oxygen atoms in total. The van der Waals surface area contributed by atoms with Crippen LogP contribution in [0.25, 0.3) is 0 Å². The summed E-state index contributed by atoms with van der Waals surface area (Å²) in [5, 5.41) is 9.77. The van der Waals surface area contributed by atoms with Gasteiger partial charge in [-0.2, -0.15) is 0 Å². The minimum absolute atomic E-state index is 0.0429. The number of aliphatic hydroxyl groups excluding tert-OH is 1. The molecule has 1 rings (SSSR count). The first kappa shape index (κ1) is 11.0. The summed E-state index contributed by atoms with van der Waals surface area (Å²) in [6.45, 7) is 7.90. The molecule has 1 aliphatic heterocycles. The molecule has 0 spiro atoms. The largest absolute Gasteiger partial charge is 0.390 e. The van der Waals surface area contributed by atoms with Crippen molar-refractivity contribution in [2.75, 3.05) is 7.11 Å². The molecular formula is C10H20O3. The van der Waals surface area contributed by atoms with E-state index in [1.165, 1.54) is 0 Å². The van der Waals surface area contributed by atoms with Gasteiger partial charge in [-0.05, 0) is 20.8 Å². The monoisotopic (exact) mass is 188 g/mol. The summed E-state index contributed by atoms with van der Waals surface area (Å²) in [6, 6.07) is 0. The average Bonchev–Trinajstić information content (AvgIpc) is 2.00. The number of hydrogen-bond acceptors (Lipinski definition) is 3. The fourth-order valence-corrected chi connectivity index (χ4v) is 2.35. The van der Waals surface area contributed by atoms with Crippen LogP contribution >= 0.6 is 0 Å². The van der Waals surface area contributed by atoms with Crippen LogP contribution in [0, 0.1) is 5.92 Å². The van der Waals surface area contributed by atoms with E-state index in [1.807, 2.05) is 27.7 Å². The van der Waals surface area contributed by atoms with Gasteiger partial charge in [0.1, 0.15) is 0 Å². The van der Waals surface area contributed by atoms with Crippen molar-refractivity contribution in [1.29, 1.82) is 0 Å². The van der Waals surface area contributed by atoms with E-state index in [4.69, 9.17) is 9.47 Å². The molecule has 0 aliphatic carbocycles. The summed E-state index contributed by atoms with van der Waals surface area (Å²) in [7, 11) is 1.66. The maximum absolute atomic E-state index is 9.77. The van der Waals surface area contributed by atoms with Gasteiger partial charge in [0.15, 0.2) is 0 Å². The Morgan fingerprint density at radius 3 is 2.31 bits per heavy atom. The van der Waals surface area contributed by atoms with Gasteiger partial charge in [-0.25, -0.2) is 0 Å². The molecule has 0 saturated carbocycles.